The molecule has 0 fully saturated rings. The number of imidazole rings is 1. The average molecular weight is 313 g/mol. The van der Waals surface area contributed by atoms with E-state index < -0.39 is 5.82 Å². The molecule has 0 bridgehead atoms. The minimum Gasteiger partial charge on any atom is -0.489 e. The second-order valence-electron chi connectivity index (χ2n) is 5.01. The highest BCUT2D eigenvalue weighted by molar-refractivity contribution is 5.94. The summed E-state index contributed by atoms with van der Waals surface area (Å²) in [5.74, 6) is -0.524. The SMILES string of the molecule is Cc1c(C(=O)NCCOc2ccccc2F)nc2ccccn12. The van der Waals surface area contributed by atoms with Gasteiger partial charge in [-0.05, 0) is 31.2 Å². The van der Waals surface area contributed by atoms with Crippen LogP contribution in [0.25, 0.3) is 5.65 Å². The van der Waals surface area contributed by atoms with Gasteiger partial charge >= 0.3 is 0 Å². The molecule has 118 valence electrons. The number of nitrogens with one attached hydrogen (secondary N) is 1. The van der Waals surface area contributed by atoms with Crippen LogP contribution in [0.2, 0.25) is 0 Å². The molecule has 5 nitrogen and oxygen atoms in total. The Kier molecular flexibility index (Phi) is 4.23. The number of nitrogens with zero attached hydrogens (tertiary/aromatic N) is 2. The third-order valence-corrected chi connectivity index (χ3v) is 3.47. The summed E-state index contributed by atoms with van der Waals surface area (Å²) in [5, 5.41) is 2.73. The molecule has 0 spiro atoms. The lowest BCUT2D eigenvalue weighted by Gasteiger charge is -2.07. The fourth-order valence-corrected chi connectivity index (χ4v) is 2.30. The van der Waals surface area contributed by atoms with E-state index in [1.165, 1.54) is 6.07 Å². The molecule has 3 aromatic rings. The Morgan fingerprint density at radius 3 is 2.83 bits per heavy atom. The molecule has 2 heterocycles. The molecule has 3 rings (SSSR count). The summed E-state index contributed by atoms with van der Waals surface area (Å²) in [6.07, 6.45) is 1.86. The van der Waals surface area contributed by atoms with Crippen molar-refractivity contribution < 1.29 is 13.9 Å². The normalized spacial score (nSPS) is 10.7. The average Bonchev–Trinajstić information content (AvgIpc) is 2.90. The fourth-order valence-electron chi connectivity index (χ4n) is 2.30. The molecule has 1 aromatic carbocycles. The van der Waals surface area contributed by atoms with Crippen molar-refractivity contribution in [3.05, 3.63) is 65.9 Å². The number of hydrogen-bond donors (Lipinski definition) is 1. The largest absolute Gasteiger partial charge is 0.489 e. The Hall–Kier alpha value is -2.89. The van der Waals surface area contributed by atoms with Gasteiger partial charge in [0.2, 0.25) is 0 Å². The molecule has 0 aliphatic carbocycles. The summed E-state index contributed by atoms with van der Waals surface area (Å²) in [7, 11) is 0. The predicted molar refractivity (Wildman–Crippen MR) is 84.2 cm³/mol. The number of amides is 1. The van der Waals surface area contributed by atoms with Gasteiger partial charge in [0.1, 0.15) is 17.9 Å². The number of aryl methyl sites for hydroxylation is 1. The fraction of sp³-hybridized carbons (Fsp3) is 0.176. The highest BCUT2D eigenvalue weighted by Gasteiger charge is 2.15. The first-order valence-electron chi connectivity index (χ1n) is 7.26. The standard InChI is InChI=1S/C17H16FN3O2/c1-12-16(20-15-8-4-5-10-21(12)15)17(22)19-9-11-23-14-7-3-2-6-13(14)18/h2-8,10H,9,11H2,1H3,(H,19,22). The number of benzene rings is 1. The summed E-state index contributed by atoms with van der Waals surface area (Å²) in [4.78, 5) is 16.5. The number of hydrogen-bond acceptors (Lipinski definition) is 3. The van der Waals surface area contributed by atoms with Gasteiger partial charge in [-0.25, -0.2) is 9.37 Å². The third-order valence-electron chi connectivity index (χ3n) is 3.47. The van der Waals surface area contributed by atoms with Crippen LogP contribution in [0, 0.1) is 12.7 Å². The molecule has 0 atom stereocenters. The van der Waals surface area contributed by atoms with Crippen LogP contribution >= 0.6 is 0 Å². The van der Waals surface area contributed by atoms with Gasteiger partial charge in [0, 0.05) is 6.20 Å². The number of fused-ring (bicyclic) bond motifs is 1. The molecule has 0 unspecified atom stereocenters. The first-order chi connectivity index (χ1) is 11.2. The van der Waals surface area contributed by atoms with E-state index in [0.717, 1.165) is 11.3 Å². The molecule has 0 saturated carbocycles. The van der Waals surface area contributed by atoms with Crippen LogP contribution in [-0.4, -0.2) is 28.4 Å². The Morgan fingerprint density at radius 1 is 1.26 bits per heavy atom. The number of carbonyl (C=O) groups is 1. The van der Waals surface area contributed by atoms with Gasteiger partial charge in [-0.15, -0.1) is 0 Å². The molecular formula is C17H16FN3O2. The van der Waals surface area contributed by atoms with Gasteiger partial charge < -0.3 is 14.5 Å². The molecule has 23 heavy (non-hydrogen) atoms. The van der Waals surface area contributed by atoms with Crippen molar-refractivity contribution in [2.24, 2.45) is 0 Å². The lowest BCUT2D eigenvalue weighted by atomic mass is 10.3. The first-order valence-corrected chi connectivity index (χ1v) is 7.26. The van der Waals surface area contributed by atoms with Gasteiger partial charge in [-0.3, -0.25) is 4.79 Å². The predicted octanol–water partition coefficient (Wildman–Crippen LogP) is 2.59. The quantitative estimate of drug-likeness (QED) is 0.737. The summed E-state index contributed by atoms with van der Waals surface area (Å²) >= 11 is 0. The summed E-state index contributed by atoms with van der Waals surface area (Å²) in [5.41, 5.74) is 1.87. The van der Waals surface area contributed by atoms with Crippen molar-refractivity contribution in [1.82, 2.24) is 14.7 Å². The van der Waals surface area contributed by atoms with Crippen LogP contribution < -0.4 is 10.1 Å². The summed E-state index contributed by atoms with van der Waals surface area (Å²) < 4.78 is 20.5. The maximum Gasteiger partial charge on any atom is 0.271 e. The second kappa shape index (κ2) is 6.48. The van der Waals surface area contributed by atoms with E-state index in [0.29, 0.717) is 5.69 Å². The van der Waals surface area contributed by atoms with E-state index >= 15 is 0 Å². The number of carbonyl (C=O) groups excluding carboxylic acids is 1. The number of ether oxygens (including phenoxy) is 1. The van der Waals surface area contributed by atoms with Crippen LogP contribution in [0.15, 0.2) is 48.7 Å². The number of para-hydroxylation sites is 1. The van der Waals surface area contributed by atoms with Crippen molar-refractivity contribution >= 4 is 11.6 Å². The Bertz CT molecular complexity index is 845. The zero-order chi connectivity index (χ0) is 16.2. The maximum absolute atomic E-state index is 13.4. The van der Waals surface area contributed by atoms with Gasteiger partial charge in [0.25, 0.3) is 5.91 Å². The Labute approximate surface area is 132 Å². The number of halogens is 1. The van der Waals surface area contributed by atoms with E-state index in [1.807, 2.05) is 35.7 Å². The molecule has 0 saturated heterocycles. The van der Waals surface area contributed by atoms with Crippen LogP contribution in [0.3, 0.4) is 0 Å². The molecule has 1 N–H and O–H groups in total. The third kappa shape index (κ3) is 3.15. The lowest BCUT2D eigenvalue weighted by molar-refractivity contribution is 0.0941. The van der Waals surface area contributed by atoms with Crippen LogP contribution in [-0.2, 0) is 0 Å². The Morgan fingerprint density at radius 2 is 2.04 bits per heavy atom. The molecule has 6 heteroatoms. The Balaban J connectivity index is 1.59. The number of aromatic nitrogens is 2. The van der Waals surface area contributed by atoms with Crippen molar-refractivity contribution in [3.8, 4) is 5.75 Å². The zero-order valence-electron chi connectivity index (χ0n) is 12.6. The summed E-state index contributed by atoms with van der Waals surface area (Å²) in [6, 6.07) is 11.7. The molecule has 1 amide bonds. The highest BCUT2D eigenvalue weighted by atomic mass is 19.1. The van der Waals surface area contributed by atoms with Crippen molar-refractivity contribution in [3.63, 3.8) is 0 Å². The van der Waals surface area contributed by atoms with E-state index in [1.54, 1.807) is 18.2 Å². The van der Waals surface area contributed by atoms with E-state index in [-0.39, 0.29) is 24.8 Å². The minimum atomic E-state index is -0.421. The molecule has 2 aromatic heterocycles. The maximum atomic E-state index is 13.4. The van der Waals surface area contributed by atoms with Gasteiger partial charge in [0.05, 0.1) is 12.2 Å². The second-order valence-corrected chi connectivity index (χ2v) is 5.01. The molecule has 0 aliphatic rings. The van der Waals surface area contributed by atoms with Crippen LogP contribution in [0.5, 0.6) is 5.75 Å². The highest BCUT2D eigenvalue weighted by Crippen LogP contribution is 2.15. The topological polar surface area (TPSA) is 55.6 Å². The summed E-state index contributed by atoms with van der Waals surface area (Å²) in [6.45, 7) is 2.28. The van der Waals surface area contributed by atoms with E-state index in [4.69, 9.17) is 4.74 Å². The molecule has 0 radical (unpaired) electrons. The van der Waals surface area contributed by atoms with Crippen LogP contribution in [0.4, 0.5) is 4.39 Å². The first kappa shape index (κ1) is 15.0. The lowest BCUT2D eigenvalue weighted by Crippen LogP contribution is -2.29. The molecule has 0 aliphatic heterocycles. The monoisotopic (exact) mass is 313 g/mol. The minimum absolute atomic E-state index is 0.172. The van der Waals surface area contributed by atoms with E-state index in [9.17, 15) is 9.18 Å². The van der Waals surface area contributed by atoms with Crippen LogP contribution in [0.1, 0.15) is 16.2 Å². The smallest absolute Gasteiger partial charge is 0.271 e. The van der Waals surface area contributed by atoms with E-state index in [2.05, 4.69) is 10.3 Å². The number of pyridine rings is 1. The van der Waals surface area contributed by atoms with Crippen molar-refractivity contribution in [2.75, 3.05) is 13.2 Å². The molecular weight excluding hydrogens is 297 g/mol. The van der Waals surface area contributed by atoms with Gasteiger partial charge in [0.15, 0.2) is 11.6 Å². The van der Waals surface area contributed by atoms with Crippen molar-refractivity contribution in [1.29, 1.82) is 0 Å². The van der Waals surface area contributed by atoms with Gasteiger partial charge in [-0.2, -0.15) is 0 Å². The van der Waals surface area contributed by atoms with Gasteiger partial charge in [-0.1, -0.05) is 18.2 Å². The zero-order valence-corrected chi connectivity index (χ0v) is 12.6. The number of rotatable bonds is 5. The van der Waals surface area contributed by atoms with Crippen molar-refractivity contribution in [2.45, 2.75) is 6.92 Å².